The summed E-state index contributed by atoms with van der Waals surface area (Å²) in [4.78, 5) is 0. The van der Waals surface area contributed by atoms with Crippen molar-refractivity contribution in [2.24, 2.45) is 0 Å². The molecule has 0 aliphatic heterocycles. The number of aromatic nitrogens is 2. The van der Waals surface area contributed by atoms with Crippen molar-refractivity contribution in [3.63, 3.8) is 0 Å². The highest BCUT2D eigenvalue weighted by Gasteiger charge is 2.50. The molecule has 152 valence electrons. The Kier molecular flexibility index (Phi) is 6.79. The number of hydrogen-bond donors (Lipinski definition) is 0. The molecule has 0 saturated carbocycles. The van der Waals surface area contributed by atoms with Crippen LogP contribution in [0, 0.1) is 6.92 Å². The van der Waals surface area contributed by atoms with E-state index in [2.05, 4.69) is 79.5 Å². The van der Waals surface area contributed by atoms with Gasteiger partial charge in [0.2, 0.25) is 0 Å². The molecular weight excluding hydrogens is 419 g/mol. The molecule has 0 aliphatic carbocycles. The highest BCUT2D eigenvalue weighted by molar-refractivity contribution is 6.99. The van der Waals surface area contributed by atoms with Gasteiger partial charge in [-0.25, -0.2) is 0 Å². The largest absolute Gasteiger partial charge is 0.407 e. The van der Waals surface area contributed by atoms with Crippen LogP contribution in [-0.4, -0.2) is 25.1 Å². The fourth-order valence-electron chi connectivity index (χ4n) is 3.86. The van der Waals surface area contributed by atoms with E-state index in [9.17, 15) is 0 Å². The Labute approximate surface area is 184 Å². The molecule has 1 heterocycles. The summed E-state index contributed by atoms with van der Waals surface area (Å²) >= 11 is 12.5. The van der Waals surface area contributed by atoms with Crippen LogP contribution in [0.4, 0.5) is 0 Å². The minimum Gasteiger partial charge on any atom is -0.407 e. The van der Waals surface area contributed by atoms with Gasteiger partial charge in [-0.3, -0.25) is 0 Å². The fraction of sp³-hybridized carbons (Fsp3) is 0.304. The Morgan fingerprint density at radius 2 is 1.31 bits per heavy atom. The minimum atomic E-state index is -2.56. The van der Waals surface area contributed by atoms with E-state index in [4.69, 9.17) is 27.6 Å². The van der Waals surface area contributed by atoms with E-state index in [-0.39, 0.29) is 5.04 Å². The molecule has 0 radical (unpaired) electrons. The van der Waals surface area contributed by atoms with Crippen LogP contribution in [0.5, 0.6) is 0 Å². The quantitative estimate of drug-likeness (QED) is 0.489. The van der Waals surface area contributed by atoms with Gasteiger partial charge in [0.15, 0.2) is 10.3 Å². The van der Waals surface area contributed by atoms with E-state index in [0.29, 0.717) is 23.3 Å². The summed E-state index contributed by atoms with van der Waals surface area (Å²) in [5.74, 6) is 0. The zero-order valence-electron chi connectivity index (χ0n) is 17.2. The van der Waals surface area contributed by atoms with Crippen LogP contribution in [0.15, 0.2) is 60.7 Å². The molecular formula is C23H26Cl2N2OSi. The second-order valence-corrected chi connectivity index (χ2v) is 13.2. The third kappa shape index (κ3) is 4.41. The predicted octanol–water partition coefficient (Wildman–Crippen LogP) is 5.21. The van der Waals surface area contributed by atoms with E-state index in [1.807, 2.05) is 19.1 Å². The summed E-state index contributed by atoms with van der Waals surface area (Å²) in [7, 11) is -2.56. The third-order valence-corrected chi connectivity index (χ3v) is 11.0. The molecule has 0 unspecified atom stereocenters. The molecule has 0 N–H and O–H groups in total. The maximum absolute atomic E-state index is 6.91. The van der Waals surface area contributed by atoms with E-state index in [0.717, 1.165) is 11.1 Å². The van der Waals surface area contributed by atoms with Gasteiger partial charge in [0, 0.05) is 6.61 Å². The second-order valence-electron chi connectivity index (χ2n) is 8.15. The molecule has 0 bridgehead atoms. The van der Waals surface area contributed by atoms with E-state index in [1.54, 1.807) is 0 Å². The maximum atomic E-state index is 6.91. The highest BCUT2D eigenvalue weighted by atomic mass is 35.5. The summed E-state index contributed by atoms with van der Waals surface area (Å²) in [5, 5.41) is 11.1. The van der Waals surface area contributed by atoms with Crippen LogP contribution in [0.2, 0.25) is 15.3 Å². The predicted molar refractivity (Wildman–Crippen MR) is 124 cm³/mol. The van der Waals surface area contributed by atoms with Crippen molar-refractivity contribution in [2.75, 3.05) is 6.61 Å². The Balaban J connectivity index is 2.02. The van der Waals surface area contributed by atoms with Gasteiger partial charge < -0.3 is 4.43 Å². The number of halogens is 2. The molecule has 2 aromatic carbocycles. The van der Waals surface area contributed by atoms with Crippen molar-refractivity contribution in [2.45, 2.75) is 39.2 Å². The Morgan fingerprint density at radius 1 is 0.828 bits per heavy atom. The number of nitrogens with zero attached hydrogens (tertiary/aromatic N) is 2. The lowest BCUT2D eigenvalue weighted by atomic mass is 10.1. The average molecular weight is 445 g/mol. The first-order valence-corrected chi connectivity index (χ1v) is 12.4. The number of rotatable bonds is 6. The molecule has 0 fully saturated rings. The first-order chi connectivity index (χ1) is 13.8. The second kappa shape index (κ2) is 8.96. The van der Waals surface area contributed by atoms with Gasteiger partial charge in [0.1, 0.15) is 0 Å². The van der Waals surface area contributed by atoms with E-state index >= 15 is 0 Å². The van der Waals surface area contributed by atoms with E-state index < -0.39 is 8.32 Å². The molecule has 0 saturated heterocycles. The molecule has 29 heavy (non-hydrogen) atoms. The molecule has 1 aromatic heterocycles. The van der Waals surface area contributed by atoms with E-state index in [1.165, 1.54) is 10.4 Å². The lowest BCUT2D eigenvalue weighted by Gasteiger charge is -2.43. The van der Waals surface area contributed by atoms with Gasteiger partial charge in [0.05, 0.1) is 0 Å². The summed E-state index contributed by atoms with van der Waals surface area (Å²) in [6, 6.07) is 21.2. The lowest BCUT2D eigenvalue weighted by Crippen LogP contribution is -2.66. The molecule has 0 atom stereocenters. The van der Waals surface area contributed by atoms with Gasteiger partial charge in [-0.2, -0.15) is 0 Å². The van der Waals surface area contributed by atoms with Crippen molar-refractivity contribution in [1.82, 2.24) is 10.2 Å². The Morgan fingerprint density at radius 3 is 1.79 bits per heavy atom. The van der Waals surface area contributed by atoms with Gasteiger partial charge in [0.25, 0.3) is 8.32 Å². The standard InChI is InChI=1S/C23H26Cl2N2OSi/c1-17-20(22(25)27-26-21(17)24)15-16-28-29(23(2,3)4,18-11-7-5-8-12-18)19-13-9-6-10-14-19/h5-14H,15-16H2,1-4H3. The minimum absolute atomic E-state index is 0.0668. The van der Waals surface area contributed by atoms with Crippen molar-refractivity contribution in [3.05, 3.63) is 82.1 Å². The summed E-state index contributed by atoms with van der Waals surface area (Å²) in [6.07, 6.45) is 0.629. The number of benzene rings is 2. The van der Waals surface area contributed by atoms with Crippen LogP contribution in [0.25, 0.3) is 0 Å². The molecule has 0 aliphatic rings. The first-order valence-electron chi connectivity index (χ1n) is 9.69. The normalized spacial score (nSPS) is 12.2. The summed E-state index contributed by atoms with van der Waals surface area (Å²) in [6.45, 7) is 9.24. The maximum Gasteiger partial charge on any atom is 0.261 e. The molecule has 6 heteroatoms. The van der Waals surface area contributed by atoms with Crippen LogP contribution in [0.3, 0.4) is 0 Å². The Bertz CT molecular complexity index is 920. The van der Waals surface area contributed by atoms with Gasteiger partial charge in [-0.05, 0) is 39.9 Å². The molecule has 0 spiro atoms. The fourth-order valence-corrected chi connectivity index (χ4v) is 8.85. The lowest BCUT2D eigenvalue weighted by molar-refractivity contribution is 0.301. The van der Waals surface area contributed by atoms with Gasteiger partial charge in [-0.1, -0.05) is 105 Å². The summed E-state index contributed by atoms with van der Waals surface area (Å²) < 4.78 is 6.91. The molecule has 3 aromatic rings. The zero-order valence-corrected chi connectivity index (χ0v) is 19.8. The molecule has 3 rings (SSSR count). The van der Waals surface area contributed by atoms with Crippen LogP contribution >= 0.6 is 23.2 Å². The molecule has 3 nitrogen and oxygen atoms in total. The average Bonchev–Trinajstić information content (AvgIpc) is 2.71. The zero-order chi connectivity index (χ0) is 21.1. The third-order valence-electron chi connectivity index (χ3n) is 5.32. The van der Waals surface area contributed by atoms with Crippen molar-refractivity contribution >= 4 is 41.9 Å². The highest BCUT2D eigenvalue weighted by Crippen LogP contribution is 2.37. The monoisotopic (exact) mass is 444 g/mol. The van der Waals surface area contributed by atoms with Gasteiger partial charge >= 0.3 is 0 Å². The van der Waals surface area contributed by atoms with Crippen molar-refractivity contribution in [1.29, 1.82) is 0 Å². The van der Waals surface area contributed by atoms with Crippen molar-refractivity contribution in [3.8, 4) is 0 Å². The van der Waals surface area contributed by atoms with Crippen molar-refractivity contribution < 1.29 is 4.43 Å². The summed E-state index contributed by atoms with van der Waals surface area (Å²) in [5.41, 5.74) is 1.75. The van der Waals surface area contributed by atoms with Crippen LogP contribution < -0.4 is 10.4 Å². The van der Waals surface area contributed by atoms with Crippen LogP contribution in [0.1, 0.15) is 31.9 Å². The molecule has 0 amide bonds. The SMILES string of the molecule is Cc1c(Cl)nnc(Cl)c1CCO[Si](c1ccccc1)(c1ccccc1)C(C)(C)C. The first kappa shape index (κ1) is 22.0. The topological polar surface area (TPSA) is 35.0 Å². The number of hydrogen-bond acceptors (Lipinski definition) is 3. The van der Waals surface area contributed by atoms with Crippen LogP contribution in [-0.2, 0) is 10.8 Å². The van der Waals surface area contributed by atoms with Gasteiger partial charge in [-0.15, -0.1) is 10.2 Å². The smallest absolute Gasteiger partial charge is 0.261 e. The Hall–Kier alpha value is -1.72.